The van der Waals surface area contributed by atoms with Crippen LogP contribution in [0.5, 0.6) is 0 Å². The third-order valence-corrected chi connectivity index (χ3v) is 5.06. The summed E-state index contributed by atoms with van der Waals surface area (Å²) in [6.07, 6.45) is 0. The third-order valence-electron chi connectivity index (χ3n) is 5.06. The van der Waals surface area contributed by atoms with Gasteiger partial charge in [0.1, 0.15) is 5.82 Å². The van der Waals surface area contributed by atoms with Crippen LogP contribution in [0.3, 0.4) is 0 Å². The summed E-state index contributed by atoms with van der Waals surface area (Å²) in [4.78, 5) is 16.8. The standard InChI is InChI=1S/C22H21FN4O/c1-16-4-2-3-5-19(16)22(28)27-14-12-26(13-15-27)21-11-10-20(24-25-21)17-6-8-18(23)9-7-17/h2-11H,12-15H2,1H3. The number of carbonyl (C=O) groups is 1. The Bertz CT molecular complexity index is 965. The van der Waals surface area contributed by atoms with E-state index in [1.54, 1.807) is 12.1 Å². The normalized spacial score (nSPS) is 14.2. The quantitative estimate of drug-likeness (QED) is 0.701. The highest BCUT2D eigenvalue weighted by molar-refractivity contribution is 5.95. The van der Waals surface area contributed by atoms with E-state index in [4.69, 9.17) is 0 Å². The summed E-state index contributed by atoms with van der Waals surface area (Å²) < 4.78 is 13.1. The Morgan fingerprint density at radius 2 is 1.61 bits per heavy atom. The summed E-state index contributed by atoms with van der Waals surface area (Å²) in [7, 11) is 0. The molecule has 142 valence electrons. The maximum atomic E-state index is 13.1. The number of amides is 1. The summed E-state index contributed by atoms with van der Waals surface area (Å²) in [6.45, 7) is 4.68. The van der Waals surface area contributed by atoms with Gasteiger partial charge in [-0.25, -0.2) is 4.39 Å². The fourth-order valence-electron chi connectivity index (χ4n) is 3.39. The van der Waals surface area contributed by atoms with Gasteiger partial charge in [-0.1, -0.05) is 18.2 Å². The van der Waals surface area contributed by atoms with Crippen molar-refractivity contribution in [3.63, 3.8) is 0 Å². The molecule has 0 atom stereocenters. The lowest BCUT2D eigenvalue weighted by atomic mass is 10.1. The lowest BCUT2D eigenvalue weighted by molar-refractivity contribution is 0.0745. The number of aryl methyl sites for hydroxylation is 1. The van der Waals surface area contributed by atoms with Gasteiger partial charge in [0.2, 0.25) is 0 Å². The van der Waals surface area contributed by atoms with Crippen molar-refractivity contribution in [1.29, 1.82) is 0 Å². The van der Waals surface area contributed by atoms with E-state index in [1.807, 2.05) is 48.2 Å². The number of nitrogens with zero attached hydrogens (tertiary/aromatic N) is 4. The van der Waals surface area contributed by atoms with Gasteiger partial charge in [-0.15, -0.1) is 10.2 Å². The van der Waals surface area contributed by atoms with Gasteiger partial charge >= 0.3 is 0 Å². The molecule has 2 aromatic carbocycles. The Kier molecular flexibility index (Phi) is 5.02. The number of carbonyl (C=O) groups excluding carboxylic acids is 1. The largest absolute Gasteiger partial charge is 0.352 e. The third kappa shape index (κ3) is 3.71. The van der Waals surface area contributed by atoms with Gasteiger partial charge in [0.25, 0.3) is 5.91 Å². The number of benzene rings is 2. The predicted molar refractivity (Wildman–Crippen MR) is 107 cm³/mol. The zero-order valence-corrected chi connectivity index (χ0v) is 15.7. The number of halogens is 1. The van der Waals surface area contributed by atoms with Crippen LogP contribution in [0.2, 0.25) is 0 Å². The SMILES string of the molecule is Cc1ccccc1C(=O)N1CCN(c2ccc(-c3ccc(F)cc3)nn2)CC1. The van der Waals surface area contributed by atoms with Crippen molar-refractivity contribution in [3.8, 4) is 11.3 Å². The average molecular weight is 376 g/mol. The van der Waals surface area contributed by atoms with Gasteiger partial charge in [0.05, 0.1) is 5.69 Å². The predicted octanol–water partition coefficient (Wildman–Crippen LogP) is 3.55. The Balaban J connectivity index is 1.40. The first-order valence-electron chi connectivity index (χ1n) is 9.31. The van der Waals surface area contributed by atoms with Crippen LogP contribution in [0.25, 0.3) is 11.3 Å². The first-order chi connectivity index (χ1) is 13.6. The number of hydrogen-bond donors (Lipinski definition) is 0. The molecule has 5 nitrogen and oxygen atoms in total. The van der Waals surface area contributed by atoms with Crippen LogP contribution in [0, 0.1) is 12.7 Å². The Hall–Kier alpha value is -3.28. The van der Waals surface area contributed by atoms with Gasteiger partial charge < -0.3 is 9.80 Å². The van der Waals surface area contributed by atoms with Gasteiger partial charge in [0.15, 0.2) is 5.82 Å². The van der Waals surface area contributed by atoms with Crippen LogP contribution < -0.4 is 4.90 Å². The minimum atomic E-state index is -0.272. The van der Waals surface area contributed by atoms with E-state index in [0.29, 0.717) is 31.9 Å². The lowest BCUT2D eigenvalue weighted by Gasteiger charge is -2.35. The molecule has 28 heavy (non-hydrogen) atoms. The van der Waals surface area contributed by atoms with Gasteiger partial charge in [-0.3, -0.25) is 4.79 Å². The fourth-order valence-corrected chi connectivity index (χ4v) is 3.39. The van der Waals surface area contributed by atoms with Crippen LogP contribution in [-0.4, -0.2) is 47.2 Å². The van der Waals surface area contributed by atoms with E-state index in [2.05, 4.69) is 15.1 Å². The van der Waals surface area contributed by atoms with Crippen molar-refractivity contribution in [2.24, 2.45) is 0 Å². The van der Waals surface area contributed by atoms with Gasteiger partial charge in [-0.2, -0.15) is 0 Å². The van der Waals surface area contributed by atoms with Crippen LogP contribution in [0.1, 0.15) is 15.9 Å². The van der Waals surface area contributed by atoms with Crippen molar-refractivity contribution >= 4 is 11.7 Å². The highest BCUT2D eigenvalue weighted by Gasteiger charge is 2.23. The Morgan fingerprint density at radius 3 is 2.25 bits per heavy atom. The summed E-state index contributed by atoms with van der Waals surface area (Å²) in [5.74, 6) is 0.593. The van der Waals surface area contributed by atoms with E-state index >= 15 is 0 Å². The van der Waals surface area contributed by atoms with Crippen molar-refractivity contribution in [2.75, 3.05) is 31.1 Å². The second-order valence-electron chi connectivity index (χ2n) is 6.88. The second kappa shape index (κ2) is 7.76. The molecule has 0 N–H and O–H groups in total. The van der Waals surface area contributed by atoms with Crippen molar-refractivity contribution in [3.05, 3.63) is 77.6 Å². The van der Waals surface area contributed by atoms with Crippen LogP contribution in [0.15, 0.2) is 60.7 Å². The number of rotatable bonds is 3. The number of aromatic nitrogens is 2. The molecule has 0 saturated carbocycles. The van der Waals surface area contributed by atoms with E-state index in [0.717, 1.165) is 22.5 Å². The highest BCUT2D eigenvalue weighted by atomic mass is 19.1. The molecule has 1 fully saturated rings. The molecule has 1 amide bonds. The molecular weight excluding hydrogens is 355 g/mol. The molecule has 0 bridgehead atoms. The molecule has 1 aromatic heterocycles. The second-order valence-corrected chi connectivity index (χ2v) is 6.88. The molecule has 0 unspecified atom stereocenters. The maximum Gasteiger partial charge on any atom is 0.254 e. The number of piperazine rings is 1. The molecule has 3 aromatic rings. The molecule has 6 heteroatoms. The van der Waals surface area contributed by atoms with E-state index in [-0.39, 0.29) is 11.7 Å². The maximum absolute atomic E-state index is 13.1. The molecule has 0 aliphatic carbocycles. The number of hydrogen-bond acceptors (Lipinski definition) is 4. The van der Waals surface area contributed by atoms with Crippen molar-refractivity contribution in [1.82, 2.24) is 15.1 Å². The van der Waals surface area contributed by atoms with Crippen LogP contribution >= 0.6 is 0 Å². The fraction of sp³-hybridized carbons (Fsp3) is 0.227. The van der Waals surface area contributed by atoms with Crippen molar-refractivity contribution in [2.45, 2.75) is 6.92 Å². The summed E-state index contributed by atoms with van der Waals surface area (Å²) in [5, 5.41) is 8.59. The lowest BCUT2D eigenvalue weighted by Crippen LogP contribution is -2.49. The molecule has 1 aliphatic rings. The van der Waals surface area contributed by atoms with E-state index in [9.17, 15) is 9.18 Å². The first kappa shape index (κ1) is 18.1. The molecule has 1 aliphatic heterocycles. The van der Waals surface area contributed by atoms with E-state index in [1.165, 1.54) is 12.1 Å². The smallest absolute Gasteiger partial charge is 0.254 e. The van der Waals surface area contributed by atoms with Gasteiger partial charge in [-0.05, 0) is 55.0 Å². The molecule has 2 heterocycles. The van der Waals surface area contributed by atoms with E-state index < -0.39 is 0 Å². The van der Waals surface area contributed by atoms with Gasteiger partial charge in [0, 0.05) is 37.3 Å². The topological polar surface area (TPSA) is 49.3 Å². The monoisotopic (exact) mass is 376 g/mol. The molecule has 0 radical (unpaired) electrons. The molecular formula is C22H21FN4O. The summed E-state index contributed by atoms with van der Waals surface area (Å²) >= 11 is 0. The number of anilines is 1. The van der Waals surface area contributed by atoms with Crippen molar-refractivity contribution < 1.29 is 9.18 Å². The average Bonchev–Trinajstić information content (AvgIpc) is 2.74. The summed E-state index contributed by atoms with van der Waals surface area (Å²) in [5.41, 5.74) is 3.29. The molecule has 1 saturated heterocycles. The zero-order valence-electron chi connectivity index (χ0n) is 15.7. The Morgan fingerprint density at radius 1 is 0.893 bits per heavy atom. The molecule has 4 rings (SSSR count). The minimum Gasteiger partial charge on any atom is -0.352 e. The Labute approximate surface area is 163 Å². The van der Waals surface area contributed by atoms with Crippen LogP contribution in [-0.2, 0) is 0 Å². The highest BCUT2D eigenvalue weighted by Crippen LogP contribution is 2.20. The first-order valence-corrected chi connectivity index (χ1v) is 9.31. The van der Waals surface area contributed by atoms with Crippen LogP contribution in [0.4, 0.5) is 10.2 Å². The zero-order chi connectivity index (χ0) is 19.5. The minimum absolute atomic E-state index is 0.0792. The summed E-state index contributed by atoms with van der Waals surface area (Å²) in [6, 6.07) is 17.7. The molecule has 0 spiro atoms.